The zero-order valence-corrected chi connectivity index (χ0v) is 25.4. The molecule has 1 aliphatic heterocycles. The van der Waals surface area contributed by atoms with E-state index in [4.69, 9.17) is 9.72 Å². The molecule has 0 fully saturated rings. The van der Waals surface area contributed by atoms with Gasteiger partial charge in [-0.05, 0) is 71.6 Å². The molecule has 220 valence electrons. The Morgan fingerprint density at radius 2 is 1.40 bits per heavy atom. The number of nitrogens with zero attached hydrogens (tertiary/aromatic N) is 6. The fraction of sp³-hybridized carbons (Fsp3) is 0.132. The lowest BCUT2D eigenvalue weighted by Crippen LogP contribution is -2.24. The Morgan fingerprint density at radius 3 is 2.20 bits per heavy atom. The maximum absolute atomic E-state index is 6.46. The van der Waals surface area contributed by atoms with Crippen LogP contribution in [0.1, 0.15) is 26.3 Å². The second-order valence-electron chi connectivity index (χ2n) is 12.3. The van der Waals surface area contributed by atoms with Gasteiger partial charge in [0.1, 0.15) is 18.2 Å². The minimum Gasteiger partial charge on any atom is -0.439 e. The molecule has 0 unspecified atom stereocenters. The highest BCUT2D eigenvalue weighted by atomic mass is 16.5. The van der Waals surface area contributed by atoms with E-state index in [2.05, 4.69) is 124 Å². The van der Waals surface area contributed by atoms with Crippen LogP contribution in [0, 0.1) is 0 Å². The van der Waals surface area contributed by atoms with Crippen molar-refractivity contribution in [3.63, 3.8) is 0 Å². The van der Waals surface area contributed by atoms with E-state index in [9.17, 15) is 0 Å². The van der Waals surface area contributed by atoms with Crippen LogP contribution in [-0.4, -0.2) is 26.2 Å². The highest BCUT2D eigenvalue weighted by molar-refractivity contribution is 6.09. The Hall–Kier alpha value is -5.69. The van der Waals surface area contributed by atoms with Crippen LogP contribution in [0.2, 0.25) is 0 Å². The number of aromatic nitrogens is 4. The zero-order valence-electron chi connectivity index (χ0n) is 25.4. The summed E-state index contributed by atoms with van der Waals surface area (Å²) in [5.41, 5.74) is 7.67. The molecule has 0 saturated carbocycles. The molecule has 7 aromatic rings. The van der Waals surface area contributed by atoms with E-state index in [0.717, 1.165) is 45.0 Å². The van der Waals surface area contributed by atoms with Crippen LogP contribution in [0.15, 0.2) is 128 Å². The molecule has 5 heterocycles. The van der Waals surface area contributed by atoms with E-state index in [1.807, 2.05) is 36.7 Å². The molecular formula is C38H32N6O. The standard InChI is InChI=1S/C38H32N6O/c1-38(2,3)26-16-19-40-36(21-26)44-32-11-5-4-10-30(32)31-15-14-29(23-35(31)44)45-37-22-27(17-20-41-37)42-25-43(28-9-8-18-39-24-28)34-13-7-6-12-33(34)42/h4-24H,25H2,1-3H3. The van der Waals surface area contributed by atoms with Crippen LogP contribution in [0.3, 0.4) is 0 Å². The number of rotatable bonds is 5. The number of benzene rings is 3. The van der Waals surface area contributed by atoms with Crippen LogP contribution in [0.4, 0.5) is 22.7 Å². The quantitative estimate of drug-likeness (QED) is 0.200. The lowest BCUT2D eigenvalue weighted by atomic mass is 9.88. The second-order valence-corrected chi connectivity index (χ2v) is 12.3. The van der Waals surface area contributed by atoms with Gasteiger partial charge in [-0.1, -0.05) is 51.1 Å². The summed E-state index contributed by atoms with van der Waals surface area (Å²) in [6.07, 6.45) is 7.40. The maximum atomic E-state index is 6.46. The molecule has 45 heavy (non-hydrogen) atoms. The first-order valence-corrected chi connectivity index (χ1v) is 15.1. The normalized spacial score (nSPS) is 13.0. The Labute approximate surface area is 262 Å². The van der Waals surface area contributed by atoms with E-state index in [0.29, 0.717) is 18.3 Å². The summed E-state index contributed by atoms with van der Waals surface area (Å²) < 4.78 is 8.68. The Bertz CT molecular complexity index is 2180. The van der Waals surface area contributed by atoms with Crippen molar-refractivity contribution in [2.24, 2.45) is 0 Å². The van der Waals surface area contributed by atoms with Crippen LogP contribution in [0.5, 0.6) is 11.6 Å². The maximum Gasteiger partial charge on any atom is 0.221 e. The summed E-state index contributed by atoms with van der Waals surface area (Å²) >= 11 is 0. The van der Waals surface area contributed by atoms with E-state index >= 15 is 0 Å². The number of para-hydroxylation sites is 3. The van der Waals surface area contributed by atoms with Crippen molar-refractivity contribution in [2.45, 2.75) is 26.2 Å². The van der Waals surface area contributed by atoms with Crippen molar-refractivity contribution in [3.8, 4) is 17.4 Å². The predicted octanol–water partition coefficient (Wildman–Crippen LogP) is 9.31. The van der Waals surface area contributed by atoms with Crippen LogP contribution in [-0.2, 0) is 5.41 Å². The lowest BCUT2D eigenvalue weighted by molar-refractivity contribution is 0.463. The third-order valence-corrected chi connectivity index (χ3v) is 8.44. The number of fused-ring (bicyclic) bond motifs is 4. The van der Waals surface area contributed by atoms with Crippen molar-refractivity contribution in [2.75, 3.05) is 16.5 Å². The van der Waals surface area contributed by atoms with Gasteiger partial charge in [-0.3, -0.25) is 9.55 Å². The van der Waals surface area contributed by atoms with Gasteiger partial charge in [-0.15, -0.1) is 0 Å². The molecule has 0 N–H and O–H groups in total. The van der Waals surface area contributed by atoms with Gasteiger partial charge in [0, 0.05) is 47.2 Å². The molecule has 0 atom stereocenters. The first kappa shape index (κ1) is 26.9. The van der Waals surface area contributed by atoms with Gasteiger partial charge in [0.2, 0.25) is 5.88 Å². The monoisotopic (exact) mass is 588 g/mol. The molecule has 3 aromatic carbocycles. The molecule has 0 bridgehead atoms. The predicted molar refractivity (Wildman–Crippen MR) is 181 cm³/mol. The van der Waals surface area contributed by atoms with Crippen molar-refractivity contribution >= 4 is 44.6 Å². The number of pyridine rings is 3. The first-order chi connectivity index (χ1) is 21.9. The van der Waals surface area contributed by atoms with Gasteiger partial charge >= 0.3 is 0 Å². The Balaban J connectivity index is 1.17. The second kappa shape index (κ2) is 10.5. The summed E-state index contributed by atoms with van der Waals surface area (Å²) in [6, 6.07) is 35.5. The topological polar surface area (TPSA) is 59.3 Å². The molecule has 7 heteroatoms. The fourth-order valence-corrected chi connectivity index (χ4v) is 6.18. The van der Waals surface area contributed by atoms with Gasteiger partial charge < -0.3 is 14.5 Å². The molecular weight excluding hydrogens is 556 g/mol. The Morgan fingerprint density at radius 1 is 0.644 bits per heavy atom. The number of anilines is 4. The van der Waals surface area contributed by atoms with Gasteiger partial charge in [0.05, 0.1) is 34.3 Å². The minimum atomic E-state index is 0.00623. The number of ether oxygens (including phenoxy) is 1. The largest absolute Gasteiger partial charge is 0.439 e. The van der Waals surface area contributed by atoms with Crippen molar-refractivity contribution < 1.29 is 4.74 Å². The summed E-state index contributed by atoms with van der Waals surface area (Å²) in [5, 5.41) is 2.32. The third-order valence-electron chi connectivity index (χ3n) is 8.44. The summed E-state index contributed by atoms with van der Waals surface area (Å²) in [4.78, 5) is 18.3. The van der Waals surface area contributed by atoms with Crippen molar-refractivity contribution in [1.29, 1.82) is 0 Å². The van der Waals surface area contributed by atoms with Gasteiger partial charge in [-0.2, -0.15) is 0 Å². The van der Waals surface area contributed by atoms with Crippen molar-refractivity contribution in [1.82, 2.24) is 19.5 Å². The first-order valence-electron chi connectivity index (χ1n) is 15.1. The minimum absolute atomic E-state index is 0.00623. The van der Waals surface area contributed by atoms with Crippen LogP contribution >= 0.6 is 0 Å². The van der Waals surface area contributed by atoms with Crippen molar-refractivity contribution in [3.05, 3.63) is 133 Å². The smallest absolute Gasteiger partial charge is 0.221 e. The molecule has 1 aliphatic rings. The van der Waals surface area contributed by atoms with Gasteiger partial charge in [0.25, 0.3) is 0 Å². The molecule has 0 radical (unpaired) electrons. The molecule has 0 spiro atoms. The lowest BCUT2D eigenvalue weighted by Gasteiger charge is -2.22. The average molecular weight is 589 g/mol. The average Bonchev–Trinajstić information content (AvgIpc) is 3.61. The third kappa shape index (κ3) is 4.73. The molecule has 0 saturated heterocycles. The molecule has 0 amide bonds. The van der Waals surface area contributed by atoms with E-state index < -0.39 is 0 Å². The molecule has 4 aromatic heterocycles. The molecule has 7 nitrogen and oxygen atoms in total. The highest BCUT2D eigenvalue weighted by Crippen LogP contribution is 2.44. The molecule has 8 rings (SSSR count). The number of hydrogen-bond acceptors (Lipinski definition) is 6. The van der Waals surface area contributed by atoms with Gasteiger partial charge in [0.15, 0.2) is 0 Å². The van der Waals surface area contributed by atoms with E-state index in [1.54, 1.807) is 12.4 Å². The van der Waals surface area contributed by atoms with Gasteiger partial charge in [-0.25, -0.2) is 9.97 Å². The summed E-state index contributed by atoms with van der Waals surface area (Å²) in [5.74, 6) is 2.12. The zero-order chi connectivity index (χ0) is 30.5. The molecule has 0 aliphatic carbocycles. The SMILES string of the molecule is CC(C)(C)c1ccnc(-n2c3ccccc3c3ccc(Oc4cc(N5CN(c6cccnc6)c6ccccc65)ccn4)cc32)c1. The summed E-state index contributed by atoms with van der Waals surface area (Å²) in [6.45, 7) is 7.33. The van der Waals surface area contributed by atoms with E-state index in [1.165, 1.54) is 10.9 Å². The fourth-order valence-electron chi connectivity index (χ4n) is 6.18. The Kier molecular flexibility index (Phi) is 6.27. The summed E-state index contributed by atoms with van der Waals surface area (Å²) in [7, 11) is 0. The number of hydrogen-bond donors (Lipinski definition) is 0. The highest BCUT2D eigenvalue weighted by Gasteiger charge is 2.28. The van der Waals surface area contributed by atoms with Crippen LogP contribution < -0.4 is 14.5 Å². The van der Waals surface area contributed by atoms with E-state index in [-0.39, 0.29) is 5.41 Å². The van der Waals surface area contributed by atoms with Crippen LogP contribution in [0.25, 0.3) is 27.6 Å².